The van der Waals surface area contributed by atoms with Gasteiger partial charge in [0.15, 0.2) is 11.6 Å². The van der Waals surface area contributed by atoms with Gasteiger partial charge in [-0.2, -0.15) is 12.6 Å². The fourth-order valence-corrected chi connectivity index (χ4v) is 2.35. The molecule has 0 N–H and O–H groups in total. The zero-order valence-corrected chi connectivity index (χ0v) is 12.8. The molecule has 17 heavy (non-hydrogen) atoms. The molecule has 0 aromatic heterocycles. The molecular weight excluding hydrogens is 303 g/mol. The van der Waals surface area contributed by atoms with E-state index >= 15 is 0 Å². The summed E-state index contributed by atoms with van der Waals surface area (Å²) in [6, 6.07) is 4.81. The van der Waals surface area contributed by atoms with Crippen LogP contribution >= 0.6 is 28.6 Å². The minimum absolute atomic E-state index is 0.105. The Hall–Kier alpha value is -0.220. The van der Waals surface area contributed by atoms with Crippen molar-refractivity contribution in [2.45, 2.75) is 20.8 Å². The van der Waals surface area contributed by atoms with E-state index in [4.69, 9.17) is 4.74 Å². The maximum atomic E-state index is 13.5. The maximum absolute atomic E-state index is 13.5. The largest absolute Gasteiger partial charge is 0.490 e. The summed E-state index contributed by atoms with van der Waals surface area (Å²) in [7, 11) is 0. The number of hydrogen-bond donors (Lipinski definition) is 1. The summed E-state index contributed by atoms with van der Waals surface area (Å²) in [5.74, 6) is 0.964. The fraction of sp³-hybridized carbons (Fsp3) is 0.538. The van der Waals surface area contributed by atoms with Crippen LogP contribution in [-0.2, 0) is 0 Å². The molecule has 0 heterocycles. The van der Waals surface area contributed by atoms with Crippen molar-refractivity contribution in [3.63, 3.8) is 0 Å². The zero-order valence-electron chi connectivity index (χ0n) is 10.3. The molecule has 0 spiro atoms. The van der Waals surface area contributed by atoms with Gasteiger partial charge >= 0.3 is 0 Å². The lowest BCUT2D eigenvalue weighted by Gasteiger charge is -2.29. The first-order valence-corrected chi connectivity index (χ1v) is 6.96. The molecule has 0 aliphatic carbocycles. The van der Waals surface area contributed by atoms with Crippen LogP contribution < -0.4 is 4.74 Å². The number of hydrogen-bond acceptors (Lipinski definition) is 2. The van der Waals surface area contributed by atoms with Crippen molar-refractivity contribution in [2.75, 3.05) is 12.4 Å². The molecule has 0 aliphatic rings. The van der Waals surface area contributed by atoms with Gasteiger partial charge in [-0.3, -0.25) is 0 Å². The molecule has 0 saturated carbocycles. The highest BCUT2D eigenvalue weighted by atomic mass is 79.9. The molecule has 1 aromatic carbocycles. The summed E-state index contributed by atoms with van der Waals surface area (Å²) in [6.45, 7) is 6.88. The first kappa shape index (κ1) is 14.8. The van der Waals surface area contributed by atoms with Gasteiger partial charge in [0.25, 0.3) is 0 Å². The molecule has 0 radical (unpaired) electrons. The standard InChI is InChI=1S/C13H18BrFOS/c1-13(2,3)9(8-17)7-16-12-5-4-10(14)6-11(12)15/h4-6,9,17H,7-8H2,1-3H3. The highest BCUT2D eigenvalue weighted by Gasteiger charge is 2.24. The summed E-state index contributed by atoms with van der Waals surface area (Å²) in [5, 5.41) is 0. The van der Waals surface area contributed by atoms with E-state index in [0.29, 0.717) is 16.8 Å². The van der Waals surface area contributed by atoms with Crippen LogP contribution in [-0.4, -0.2) is 12.4 Å². The third-order valence-corrected chi connectivity index (χ3v) is 3.71. The monoisotopic (exact) mass is 320 g/mol. The number of rotatable bonds is 4. The highest BCUT2D eigenvalue weighted by Crippen LogP contribution is 2.28. The predicted octanol–water partition coefficient (Wildman–Crippen LogP) is 4.56. The third-order valence-electron chi connectivity index (χ3n) is 2.78. The van der Waals surface area contributed by atoms with Crippen molar-refractivity contribution in [2.24, 2.45) is 11.3 Å². The molecule has 0 amide bonds. The average Bonchev–Trinajstić information content (AvgIpc) is 2.19. The predicted molar refractivity (Wildman–Crippen MR) is 76.4 cm³/mol. The van der Waals surface area contributed by atoms with Crippen molar-refractivity contribution < 1.29 is 9.13 Å². The number of thiol groups is 1. The summed E-state index contributed by atoms with van der Waals surface area (Å²) in [5.41, 5.74) is 0.105. The highest BCUT2D eigenvalue weighted by molar-refractivity contribution is 9.10. The lowest BCUT2D eigenvalue weighted by Crippen LogP contribution is -2.28. The summed E-state index contributed by atoms with van der Waals surface area (Å²) in [6.07, 6.45) is 0. The lowest BCUT2D eigenvalue weighted by atomic mass is 9.82. The Bertz CT molecular complexity index is 376. The molecule has 1 unspecified atom stereocenters. The second kappa shape index (κ2) is 6.10. The SMILES string of the molecule is CC(C)(C)C(CS)COc1ccc(Br)cc1F. The number of halogens is 2. The maximum Gasteiger partial charge on any atom is 0.166 e. The molecule has 1 aromatic rings. The van der Waals surface area contributed by atoms with E-state index in [2.05, 4.69) is 49.3 Å². The minimum Gasteiger partial charge on any atom is -0.490 e. The quantitative estimate of drug-likeness (QED) is 0.800. The average molecular weight is 321 g/mol. The van der Waals surface area contributed by atoms with Crippen LogP contribution in [0.4, 0.5) is 4.39 Å². The smallest absolute Gasteiger partial charge is 0.166 e. The second-order valence-corrected chi connectivity index (χ2v) is 6.41. The Morgan fingerprint density at radius 1 is 1.41 bits per heavy atom. The number of ether oxygens (including phenoxy) is 1. The van der Waals surface area contributed by atoms with Gasteiger partial charge in [-0.25, -0.2) is 4.39 Å². The van der Waals surface area contributed by atoms with Gasteiger partial charge in [0.2, 0.25) is 0 Å². The first-order valence-electron chi connectivity index (χ1n) is 5.53. The molecular formula is C13H18BrFOS. The van der Waals surface area contributed by atoms with E-state index < -0.39 is 0 Å². The molecule has 96 valence electrons. The summed E-state index contributed by atoms with van der Waals surface area (Å²) in [4.78, 5) is 0. The van der Waals surface area contributed by atoms with Crippen LogP contribution in [0, 0.1) is 17.2 Å². The summed E-state index contributed by atoms with van der Waals surface area (Å²) >= 11 is 7.53. The summed E-state index contributed by atoms with van der Waals surface area (Å²) < 4.78 is 19.8. The van der Waals surface area contributed by atoms with Gasteiger partial charge in [-0.15, -0.1) is 0 Å². The molecule has 0 bridgehead atoms. The van der Waals surface area contributed by atoms with E-state index in [1.54, 1.807) is 12.1 Å². The van der Waals surface area contributed by atoms with E-state index in [-0.39, 0.29) is 17.2 Å². The van der Waals surface area contributed by atoms with E-state index in [0.717, 1.165) is 5.75 Å². The topological polar surface area (TPSA) is 9.23 Å². The van der Waals surface area contributed by atoms with Gasteiger partial charge in [0.05, 0.1) is 6.61 Å². The lowest BCUT2D eigenvalue weighted by molar-refractivity contribution is 0.161. The van der Waals surface area contributed by atoms with Crippen LogP contribution in [0.25, 0.3) is 0 Å². The number of benzene rings is 1. The molecule has 1 atom stereocenters. The Morgan fingerprint density at radius 3 is 2.53 bits per heavy atom. The van der Waals surface area contributed by atoms with E-state index in [1.165, 1.54) is 6.07 Å². The van der Waals surface area contributed by atoms with Crippen LogP contribution in [0.2, 0.25) is 0 Å². The van der Waals surface area contributed by atoms with Gasteiger partial charge < -0.3 is 4.74 Å². The van der Waals surface area contributed by atoms with Crippen LogP contribution in [0.15, 0.2) is 22.7 Å². The molecule has 0 fully saturated rings. The van der Waals surface area contributed by atoms with Crippen molar-refractivity contribution in [1.29, 1.82) is 0 Å². The van der Waals surface area contributed by atoms with Gasteiger partial charge in [0, 0.05) is 10.4 Å². The van der Waals surface area contributed by atoms with Crippen molar-refractivity contribution >= 4 is 28.6 Å². The molecule has 0 aliphatic heterocycles. The van der Waals surface area contributed by atoms with E-state index in [9.17, 15) is 4.39 Å². The minimum atomic E-state index is -0.341. The molecule has 4 heteroatoms. The second-order valence-electron chi connectivity index (χ2n) is 5.13. The fourth-order valence-electron chi connectivity index (χ4n) is 1.36. The van der Waals surface area contributed by atoms with Gasteiger partial charge in [-0.1, -0.05) is 36.7 Å². The Kier molecular flexibility index (Phi) is 5.32. The van der Waals surface area contributed by atoms with Crippen molar-refractivity contribution in [3.05, 3.63) is 28.5 Å². The van der Waals surface area contributed by atoms with Crippen LogP contribution in [0.5, 0.6) is 5.75 Å². The van der Waals surface area contributed by atoms with Crippen molar-refractivity contribution in [3.8, 4) is 5.75 Å². The Labute approximate surface area is 116 Å². The molecule has 1 nitrogen and oxygen atoms in total. The first-order chi connectivity index (χ1) is 7.84. The third kappa shape index (κ3) is 4.51. The Morgan fingerprint density at radius 2 is 2.06 bits per heavy atom. The van der Waals surface area contributed by atoms with Gasteiger partial charge in [0.1, 0.15) is 0 Å². The Balaban J connectivity index is 2.66. The zero-order chi connectivity index (χ0) is 13.1. The van der Waals surface area contributed by atoms with Crippen molar-refractivity contribution in [1.82, 2.24) is 0 Å². The van der Waals surface area contributed by atoms with Gasteiger partial charge in [-0.05, 0) is 29.4 Å². The normalized spacial score (nSPS) is 13.5. The van der Waals surface area contributed by atoms with Crippen LogP contribution in [0.1, 0.15) is 20.8 Å². The molecule has 0 saturated heterocycles. The van der Waals surface area contributed by atoms with E-state index in [1.807, 2.05) is 0 Å². The molecule has 1 rings (SSSR count). The van der Waals surface area contributed by atoms with Crippen LogP contribution in [0.3, 0.4) is 0 Å².